The van der Waals surface area contributed by atoms with Crippen molar-refractivity contribution in [3.63, 3.8) is 0 Å². The minimum atomic E-state index is -0.834. The fourth-order valence-corrected chi connectivity index (χ4v) is 2.79. The molecular formula is C16H17NO3. The summed E-state index contributed by atoms with van der Waals surface area (Å²) in [6, 6.07) is 12.1. The molecule has 104 valence electrons. The highest BCUT2D eigenvalue weighted by Gasteiger charge is 2.33. The van der Waals surface area contributed by atoms with Crippen molar-refractivity contribution >= 4 is 22.4 Å². The van der Waals surface area contributed by atoms with Crippen molar-refractivity contribution in [2.24, 2.45) is 0 Å². The minimum absolute atomic E-state index is 0.0117. The number of rotatable bonds is 2. The number of likely N-dealkylation sites (N-methyl/N-ethyl adjacent to an activating group) is 1. The zero-order chi connectivity index (χ0) is 14.3. The number of ether oxygens (including phenoxy) is 1. The topological polar surface area (TPSA) is 49.8 Å². The largest absolute Gasteiger partial charge is 0.485 e. The van der Waals surface area contributed by atoms with Gasteiger partial charge in [0.2, 0.25) is 0 Å². The van der Waals surface area contributed by atoms with Gasteiger partial charge in [-0.3, -0.25) is 4.79 Å². The number of aliphatic carboxylic acids is 1. The van der Waals surface area contributed by atoms with Crippen LogP contribution in [-0.2, 0) is 4.79 Å². The first-order valence-electron chi connectivity index (χ1n) is 6.71. The lowest BCUT2D eigenvalue weighted by Gasteiger charge is -2.40. The molecule has 4 heteroatoms. The third kappa shape index (κ3) is 1.97. The molecule has 0 aromatic heterocycles. The molecule has 0 bridgehead atoms. The monoisotopic (exact) mass is 271 g/mol. The van der Waals surface area contributed by atoms with E-state index in [1.54, 1.807) is 0 Å². The van der Waals surface area contributed by atoms with Gasteiger partial charge in [-0.05, 0) is 18.4 Å². The van der Waals surface area contributed by atoms with E-state index in [-0.39, 0.29) is 18.6 Å². The average molecular weight is 271 g/mol. The lowest BCUT2D eigenvalue weighted by atomic mass is 10.0. The molecule has 2 aromatic rings. The van der Waals surface area contributed by atoms with Crippen LogP contribution in [0.1, 0.15) is 13.3 Å². The summed E-state index contributed by atoms with van der Waals surface area (Å²) < 4.78 is 5.91. The van der Waals surface area contributed by atoms with Gasteiger partial charge < -0.3 is 14.7 Å². The summed E-state index contributed by atoms with van der Waals surface area (Å²) in [5, 5.41) is 11.3. The van der Waals surface area contributed by atoms with Crippen molar-refractivity contribution in [1.29, 1.82) is 0 Å². The van der Waals surface area contributed by atoms with E-state index < -0.39 is 5.97 Å². The van der Waals surface area contributed by atoms with Crippen LogP contribution in [0.4, 0.5) is 5.69 Å². The van der Waals surface area contributed by atoms with Gasteiger partial charge in [-0.25, -0.2) is 0 Å². The van der Waals surface area contributed by atoms with Crippen LogP contribution in [-0.4, -0.2) is 30.3 Å². The Labute approximate surface area is 117 Å². The first-order chi connectivity index (χ1) is 9.58. The van der Waals surface area contributed by atoms with Crippen LogP contribution in [0.15, 0.2) is 36.4 Å². The highest BCUT2D eigenvalue weighted by Crippen LogP contribution is 2.41. The van der Waals surface area contributed by atoms with Crippen molar-refractivity contribution < 1.29 is 14.6 Å². The molecule has 0 saturated carbocycles. The van der Waals surface area contributed by atoms with Crippen molar-refractivity contribution in [1.82, 2.24) is 0 Å². The smallest absolute Gasteiger partial charge is 0.307 e. The summed E-state index contributed by atoms with van der Waals surface area (Å²) in [6.07, 6.45) is -0.316. The van der Waals surface area contributed by atoms with E-state index in [4.69, 9.17) is 9.84 Å². The van der Waals surface area contributed by atoms with Crippen molar-refractivity contribution in [2.75, 3.05) is 11.9 Å². The lowest BCUT2D eigenvalue weighted by molar-refractivity contribution is -0.139. The zero-order valence-electron chi connectivity index (χ0n) is 11.5. The molecule has 2 atom stereocenters. The van der Waals surface area contributed by atoms with Gasteiger partial charge in [0.1, 0.15) is 11.9 Å². The number of hydrogen-bond acceptors (Lipinski definition) is 3. The van der Waals surface area contributed by atoms with Crippen LogP contribution >= 0.6 is 0 Å². The second-order valence-corrected chi connectivity index (χ2v) is 5.24. The van der Waals surface area contributed by atoms with E-state index in [9.17, 15) is 4.79 Å². The molecule has 0 spiro atoms. The molecule has 20 heavy (non-hydrogen) atoms. The number of fused-ring (bicyclic) bond motifs is 3. The van der Waals surface area contributed by atoms with Crippen LogP contribution in [0.25, 0.3) is 10.8 Å². The Kier molecular flexibility index (Phi) is 3.01. The molecular weight excluding hydrogens is 254 g/mol. The number of nitrogens with zero attached hydrogens (tertiary/aromatic N) is 1. The first-order valence-corrected chi connectivity index (χ1v) is 6.71. The van der Waals surface area contributed by atoms with Crippen molar-refractivity contribution in [3.8, 4) is 5.75 Å². The summed E-state index contributed by atoms with van der Waals surface area (Å²) in [4.78, 5) is 13.1. The molecule has 0 saturated heterocycles. The van der Waals surface area contributed by atoms with Crippen molar-refractivity contribution in [3.05, 3.63) is 36.4 Å². The number of carbonyl (C=O) groups is 1. The Hall–Kier alpha value is -2.23. The van der Waals surface area contributed by atoms with Crippen LogP contribution in [0, 0.1) is 0 Å². The number of carboxylic acid groups (broad SMARTS) is 1. The standard InChI is InChI=1S/C16H17NO3/c1-10-14(9-15(18)19)20-13-8-7-11-5-3-4-6-12(11)16(13)17(10)2/h3-8,10,14H,9H2,1-2H3,(H,18,19). The van der Waals surface area contributed by atoms with Gasteiger partial charge in [-0.1, -0.05) is 30.3 Å². The van der Waals surface area contributed by atoms with Gasteiger partial charge in [-0.15, -0.1) is 0 Å². The third-order valence-electron chi connectivity index (χ3n) is 4.02. The predicted molar refractivity (Wildman–Crippen MR) is 78.5 cm³/mol. The van der Waals surface area contributed by atoms with Gasteiger partial charge in [0.25, 0.3) is 0 Å². The summed E-state index contributed by atoms with van der Waals surface area (Å²) >= 11 is 0. The SMILES string of the molecule is CC1C(CC(=O)O)Oc2ccc3ccccc3c2N1C. The molecule has 2 unspecified atom stereocenters. The number of benzene rings is 2. The summed E-state index contributed by atoms with van der Waals surface area (Å²) in [5.74, 6) is -0.0740. The maximum absolute atomic E-state index is 10.9. The third-order valence-corrected chi connectivity index (χ3v) is 4.02. The molecule has 1 aliphatic rings. The van der Waals surface area contributed by atoms with Gasteiger partial charge in [0, 0.05) is 12.4 Å². The van der Waals surface area contributed by atoms with Crippen LogP contribution in [0.3, 0.4) is 0 Å². The average Bonchev–Trinajstić information content (AvgIpc) is 2.43. The van der Waals surface area contributed by atoms with E-state index in [0.29, 0.717) is 0 Å². The molecule has 0 aliphatic carbocycles. The fraction of sp³-hybridized carbons (Fsp3) is 0.312. The highest BCUT2D eigenvalue weighted by molar-refractivity contribution is 5.98. The number of anilines is 1. The molecule has 0 radical (unpaired) electrons. The Morgan fingerprint density at radius 1 is 1.30 bits per heavy atom. The maximum Gasteiger partial charge on any atom is 0.307 e. The fourth-order valence-electron chi connectivity index (χ4n) is 2.79. The molecule has 1 N–H and O–H groups in total. The Balaban J connectivity index is 2.10. The zero-order valence-corrected chi connectivity index (χ0v) is 11.5. The van der Waals surface area contributed by atoms with Crippen LogP contribution < -0.4 is 9.64 Å². The van der Waals surface area contributed by atoms with E-state index in [2.05, 4.69) is 17.0 Å². The van der Waals surface area contributed by atoms with Crippen LogP contribution in [0.2, 0.25) is 0 Å². The summed E-state index contributed by atoms with van der Waals surface area (Å²) in [7, 11) is 1.99. The minimum Gasteiger partial charge on any atom is -0.485 e. The Bertz CT molecular complexity index is 668. The van der Waals surface area contributed by atoms with E-state index in [1.165, 1.54) is 0 Å². The highest BCUT2D eigenvalue weighted by atomic mass is 16.5. The van der Waals surface area contributed by atoms with Gasteiger partial charge in [0.15, 0.2) is 0 Å². The van der Waals surface area contributed by atoms with Gasteiger partial charge >= 0.3 is 5.97 Å². The molecule has 1 aliphatic heterocycles. The Morgan fingerprint density at radius 3 is 2.80 bits per heavy atom. The Morgan fingerprint density at radius 2 is 2.05 bits per heavy atom. The van der Waals surface area contributed by atoms with Gasteiger partial charge in [0.05, 0.1) is 18.2 Å². The molecule has 2 aromatic carbocycles. The van der Waals surface area contributed by atoms with E-state index >= 15 is 0 Å². The lowest BCUT2D eigenvalue weighted by Crippen LogP contribution is -2.47. The number of hydrogen-bond donors (Lipinski definition) is 1. The normalized spacial score (nSPS) is 21.4. The second-order valence-electron chi connectivity index (χ2n) is 5.24. The molecule has 1 heterocycles. The quantitative estimate of drug-likeness (QED) is 0.912. The second kappa shape index (κ2) is 4.71. The maximum atomic E-state index is 10.9. The number of carboxylic acids is 1. The van der Waals surface area contributed by atoms with Crippen molar-refractivity contribution in [2.45, 2.75) is 25.5 Å². The molecule has 4 nitrogen and oxygen atoms in total. The first kappa shape index (κ1) is 12.8. The summed E-state index contributed by atoms with van der Waals surface area (Å²) in [6.45, 7) is 2.00. The van der Waals surface area contributed by atoms with E-state index in [0.717, 1.165) is 22.2 Å². The van der Waals surface area contributed by atoms with E-state index in [1.807, 2.05) is 38.2 Å². The summed E-state index contributed by atoms with van der Waals surface area (Å²) in [5.41, 5.74) is 1.04. The predicted octanol–water partition coefficient (Wildman–Crippen LogP) is 2.90. The molecule has 0 fully saturated rings. The van der Waals surface area contributed by atoms with Gasteiger partial charge in [-0.2, -0.15) is 0 Å². The van der Waals surface area contributed by atoms with Crippen LogP contribution in [0.5, 0.6) is 5.75 Å². The molecule has 0 amide bonds. The molecule has 3 rings (SSSR count).